The highest BCUT2D eigenvalue weighted by Crippen LogP contribution is 2.21. The van der Waals surface area contributed by atoms with Crippen LogP contribution in [0.5, 0.6) is 0 Å². The maximum absolute atomic E-state index is 8.66. The SMILES string of the molecule is CCc1cccc(C#N)c1Br. The van der Waals surface area contributed by atoms with Crippen molar-refractivity contribution in [2.24, 2.45) is 0 Å². The van der Waals surface area contributed by atoms with Crippen molar-refractivity contribution in [3.63, 3.8) is 0 Å². The second-order valence-electron chi connectivity index (χ2n) is 2.24. The lowest BCUT2D eigenvalue weighted by Crippen LogP contribution is -1.85. The molecule has 0 fully saturated rings. The van der Waals surface area contributed by atoms with Crippen LogP contribution in [0.4, 0.5) is 0 Å². The Bertz CT molecular complexity index is 299. The molecule has 1 rings (SSSR count). The van der Waals surface area contributed by atoms with E-state index in [0.29, 0.717) is 5.56 Å². The zero-order valence-electron chi connectivity index (χ0n) is 6.26. The molecular formula is C9H8BrN. The Morgan fingerprint density at radius 1 is 1.55 bits per heavy atom. The maximum atomic E-state index is 8.66. The van der Waals surface area contributed by atoms with Crippen molar-refractivity contribution < 1.29 is 0 Å². The summed E-state index contributed by atoms with van der Waals surface area (Å²) in [5, 5.41) is 8.66. The van der Waals surface area contributed by atoms with Crippen LogP contribution in [0.2, 0.25) is 0 Å². The maximum Gasteiger partial charge on any atom is 0.100 e. The highest BCUT2D eigenvalue weighted by Gasteiger charge is 2.01. The summed E-state index contributed by atoms with van der Waals surface area (Å²) in [6.07, 6.45) is 0.954. The van der Waals surface area contributed by atoms with E-state index in [4.69, 9.17) is 5.26 Å². The first-order valence-electron chi connectivity index (χ1n) is 3.47. The van der Waals surface area contributed by atoms with Gasteiger partial charge in [-0.1, -0.05) is 19.1 Å². The molecule has 0 bridgehead atoms. The van der Waals surface area contributed by atoms with E-state index in [9.17, 15) is 0 Å². The monoisotopic (exact) mass is 209 g/mol. The number of benzene rings is 1. The van der Waals surface area contributed by atoms with E-state index in [1.54, 1.807) is 0 Å². The lowest BCUT2D eigenvalue weighted by Gasteiger charge is -2.00. The van der Waals surface area contributed by atoms with Crippen molar-refractivity contribution >= 4 is 15.9 Å². The van der Waals surface area contributed by atoms with E-state index in [1.807, 2.05) is 18.2 Å². The van der Waals surface area contributed by atoms with Gasteiger partial charge in [-0.3, -0.25) is 0 Å². The fourth-order valence-corrected chi connectivity index (χ4v) is 1.57. The molecule has 0 amide bonds. The zero-order valence-corrected chi connectivity index (χ0v) is 7.85. The van der Waals surface area contributed by atoms with E-state index >= 15 is 0 Å². The van der Waals surface area contributed by atoms with Crippen molar-refractivity contribution in [1.29, 1.82) is 5.26 Å². The Morgan fingerprint density at radius 2 is 2.27 bits per heavy atom. The molecule has 1 aromatic carbocycles. The lowest BCUT2D eigenvalue weighted by molar-refractivity contribution is 1.12. The largest absolute Gasteiger partial charge is 0.192 e. The molecule has 0 heterocycles. The number of halogens is 1. The van der Waals surface area contributed by atoms with Gasteiger partial charge in [0.05, 0.1) is 5.56 Å². The van der Waals surface area contributed by atoms with Crippen molar-refractivity contribution in [3.05, 3.63) is 33.8 Å². The van der Waals surface area contributed by atoms with Gasteiger partial charge in [0.1, 0.15) is 6.07 Å². The number of nitrogens with zero attached hydrogens (tertiary/aromatic N) is 1. The molecule has 0 saturated carbocycles. The van der Waals surface area contributed by atoms with Crippen molar-refractivity contribution in [2.75, 3.05) is 0 Å². The molecule has 1 aromatic rings. The first-order valence-corrected chi connectivity index (χ1v) is 4.26. The topological polar surface area (TPSA) is 23.8 Å². The average Bonchev–Trinajstić information content (AvgIpc) is 2.05. The van der Waals surface area contributed by atoms with Crippen LogP contribution < -0.4 is 0 Å². The molecule has 0 N–H and O–H groups in total. The molecule has 0 aromatic heterocycles. The number of hydrogen-bond acceptors (Lipinski definition) is 1. The standard InChI is InChI=1S/C9H8BrN/c1-2-7-4-3-5-8(6-11)9(7)10/h3-5H,2H2,1H3. The van der Waals surface area contributed by atoms with Gasteiger partial charge in [-0.15, -0.1) is 0 Å². The third-order valence-corrected chi connectivity index (χ3v) is 2.52. The van der Waals surface area contributed by atoms with Gasteiger partial charge in [-0.25, -0.2) is 0 Å². The highest BCUT2D eigenvalue weighted by atomic mass is 79.9. The van der Waals surface area contributed by atoms with Gasteiger partial charge in [0, 0.05) is 4.47 Å². The van der Waals surface area contributed by atoms with Crippen LogP contribution in [0, 0.1) is 11.3 Å². The summed E-state index contributed by atoms with van der Waals surface area (Å²) in [4.78, 5) is 0. The van der Waals surface area contributed by atoms with Gasteiger partial charge in [-0.2, -0.15) is 5.26 Å². The second kappa shape index (κ2) is 3.54. The number of rotatable bonds is 1. The van der Waals surface area contributed by atoms with Crippen LogP contribution >= 0.6 is 15.9 Å². The molecule has 0 saturated heterocycles. The van der Waals surface area contributed by atoms with E-state index in [1.165, 1.54) is 5.56 Å². The Kier molecular flexibility index (Phi) is 2.67. The van der Waals surface area contributed by atoms with Crippen molar-refractivity contribution in [1.82, 2.24) is 0 Å². The molecule has 1 nitrogen and oxygen atoms in total. The number of nitriles is 1. The summed E-state index contributed by atoms with van der Waals surface area (Å²) < 4.78 is 0.935. The Balaban J connectivity index is 3.23. The Hall–Kier alpha value is -0.810. The predicted octanol–water partition coefficient (Wildman–Crippen LogP) is 2.88. The molecule has 11 heavy (non-hydrogen) atoms. The van der Waals surface area contributed by atoms with Crippen molar-refractivity contribution in [2.45, 2.75) is 13.3 Å². The minimum absolute atomic E-state index is 0.712. The summed E-state index contributed by atoms with van der Waals surface area (Å²) in [6.45, 7) is 2.07. The molecule has 0 aliphatic heterocycles. The summed E-state index contributed by atoms with van der Waals surface area (Å²) in [6, 6.07) is 7.86. The second-order valence-corrected chi connectivity index (χ2v) is 3.04. The van der Waals surface area contributed by atoms with Gasteiger partial charge in [-0.05, 0) is 34.0 Å². The predicted molar refractivity (Wildman–Crippen MR) is 48.2 cm³/mol. The molecule has 0 aliphatic rings. The molecular weight excluding hydrogens is 202 g/mol. The van der Waals surface area contributed by atoms with E-state index in [0.717, 1.165) is 10.9 Å². The Morgan fingerprint density at radius 3 is 2.82 bits per heavy atom. The quantitative estimate of drug-likeness (QED) is 0.699. The van der Waals surface area contributed by atoms with E-state index in [-0.39, 0.29) is 0 Å². The fourth-order valence-electron chi connectivity index (χ4n) is 0.939. The summed E-state index contributed by atoms with van der Waals surface area (Å²) in [5.74, 6) is 0. The molecule has 0 radical (unpaired) electrons. The third kappa shape index (κ3) is 1.61. The van der Waals surface area contributed by atoms with Gasteiger partial charge in [0.2, 0.25) is 0 Å². The minimum atomic E-state index is 0.712. The van der Waals surface area contributed by atoms with Crippen molar-refractivity contribution in [3.8, 4) is 6.07 Å². The van der Waals surface area contributed by atoms with Crippen LogP contribution in [-0.2, 0) is 6.42 Å². The van der Waals surface area contributed by atoms with E-state index in [2.05, 4.69) is 28.9 Å². The number of hydrogen-bond donors (Lipinski definition) is 0. The third-order valence-electron chi connectivity index (χ3n) is 1.58. The lowest BCUT2D eigenvalue weighted by atomic mass is 10.1. The molecule has 0 unspecified atom stereocenters. The van der Waals surface area contributed by atoms with Gasteiger partial charge in [0.25, 0.3) is 0 Å². The zero-order chi connectivity index (χ0) is 8.27. The van der Waals surface area contributed by atoms with Gasteiger partial charge < -0.3 is 0 Å². The smallest absolute Gasteiger partial charge is 0.100 e. The fraction of sp³-hybridized carbons (Fsp3) is 0.222. The molecule has 0 aliphatic carbocycles. The highest BCUT2D eigenvalue weighted by molar-refractivity contribution is 9.10. The summed E-state index contributed by atoms with van der Waals surface area (Å²) >= 11 is 3.38. The van der Waals surface area contributed by atoms with Crippen LogP contribution in [0.3, 0.4) is 0 Å². The summed E-state index contributed by atoms with van der Waals surface area (Å²) in [5.41, 5.74) is 1.90. The van der Waals surface area contributed by atoms with E-state index < -0.39 is 0 Å². The van der Waals surface area contributed by atoms with Crippen LogP contribution in [0.15, 0.2) is 22.7 Å². The van der Waals surface area contributed by atoms with Crippen LogP contribution in [0.25, 0.3) is 0 Å². The average molecular weight is 210 g/mol. The van der Waals surface area contributed by atoms with Crippen LogP contribution in [-0.4, -0.2) is 0 Å². The summed E-state index contributed by atoms with van der Waals surface area (Å²) in [7, 11) is 0. The molecule has 0 spiro atoms. The van der Waals surface area contributed by atoms with Gasteiger partial charge in [0.15, 0.2) is 0 Å². The van der Waals surface area contributed by atoms with Crippen LogP contribution in [0.1, 0.15) is 18.1 Å². The normalized spacial score (nSPS) is 9.18. The molecule has 0 atom stereocenters. The molecule has 56 valence electrons. The first kappa shape index (κ1) is 8.29. The first-order chi connectivity index (χ1) is 5.29. The molecule has 2 heteroatoms. The minimum Gasteiger partial charge on any atom is -0.192 e. The number of aryl methyl sites for hydroxylation is 1. The van der Waals surface area contributed by atoms with Gasteiger partial charge >= 0.3 is 0 Å². The Labute approximate surface area is 74.8 Å².